The van der Waals surface area contributed by atoms with E-state index in [0.717, 1.165) is 35.5 Å². The fourth-order valence-electron chi connectivity index (χ4n) is 3.59. The van der Waals surface area contributed by atoms with Crippen LogP contribution < -0.4 is 4.74 Å². The van der Waals surface area contributed by atoms with Gasteiger partial charge in [-0.2, -0.15) is 0 Å². The summed E-state index contributed by atoms with van der Waals surface area (Å²) in [5.41, 5.74) is 2.33. The van der Waals surface area contributed by atoms with Crippen molar-refractivity contribution in [2.45, 2.75) is 38.5 Å². The Balaban J connectivity index is 1.57. The standard InChI is InChI=1S/C24H25NO5/c1-3-17(19-4-8-20(26)9-5-19)14-16(2)18-6-10-21(11-7-18)30-24(29)15-25-22(27)12-13-23(25)28/h4-13,16-17,26H,3,14-15H2,1-2H3. The molecule has 1 aliphatic heterocycles. The van der Waals surface area contributed by atoms with Crippen molar-refractivity contribution < 1.29 is 24.2 Å². The zero-order valence-electron chi connectivity index (χ0n) is 17.1. The molecule has 0 spiro atoms. The van der Waals surface area contributed by atoms with Gasteiger partial charge in [-0.15, -0.1) is 0 Å². The monoisotopic (exact) mass is 407 g/mol. The summed E-state index contributed by atoms with van der Waals surface area (Å²) >= 11 is 0. The number of ether oxygens (including phenoxy) is 1. The quantitative estimate of drug-likeness (QED) is 0.407. The SMILES string of the molecule is CCC(CC(C)c1ccc(OC(=O)CN2C(=O)C=CC2=O)cc1)c1ccc(O)cc1. The third-order valence-corrected chi connectivity index (χ3v) is 5.36. The summed E-state index contributed by atoms with van der Waals surface area (Å²) in [6, 6.07) is 14.6. The second-order valence-corrected chi connectivity index (χ2v) is 7.47. The van der Waals surface area contributed by atoms with Crippen molar-refractivity contribution in [3.8, 4) is 11.5 Å². The summed E-state index contributed by atoms with van der Waals surface area (Å²) in [5.74, 6) is -0.392. The van der Waals surface area contributed by atoms with Gasteiger partial charge < -0.3 is 9.84 Å². The molecule has 1 aliphatic rings. The first kappa shape index (κ1) is 21.3. The molecule has 0 fully saturated rings. The minimum atomic E-state index is -0.667. The number of esters is 1. The molecular formula is C24H25NO5. The lowest BCUT2D eigenvalue weighted by Gasteiger charge is -2.21. The Kier molecular flexibility index (Phi) is 6.67. The second kappa shape index (κ2) is 9.39. The Morgan fingerprint density at radius 2 is 1.53 bits per heavy atom. The maximum atomic E-state index is 12.0. The Bertz CT molecular complexity index is 929. The van der Waals surface area contributed by atoms with Gasteiger partial charge in [0.15, 0.2) is 0 Å². The molecule has 2 amide bonds. The van der Waals surface area contributed by atoms with Gasteiger partial charge in [0.25, 0.3) is 11.8 Å². The number of rotatable bonds is 8. The van der Waals surface area contributed by atoms with Gasteiger partial charge in [-0.1, -0.05) is 38.1 Å². The number of phenols is 1. The highest BCUT2D eigenvalue weighted by Gasteiger charge is 2.26. The smallest absolute Gasteiger partial charge is 0.331 e. The van der Waals surface area contributed by atoms with Crippen molar-refractivity contribution in [1.29, 1.82) is 0 Å². The van der Waals surface area contributed by atoms with Crippen LogP contribution in [0.5, 0.6) is 11.5 Å². The van der Waals surface area contributed by atoms with Crippen LogP contribution in [-0.2, 0) is 14.4 Å². The lowest BCUT2D eigenvalue weighted by Crippen LogP contribution is -2.36. The first-order valence-electron chi connectivity index (χ1n) is 10.0. The van der Waals surface area contributed by atoms with Crippen molar-refractivity contribution in [1.82, 2.24) is 4.90 Å². The summed E-state index contributed by atoms with van der Waals surface area (Å²) in [7, 11) is 0. The van der Waals surface area contributed by atoms with Crippen LogP contribution in [0.1, 0.15) is 49.7 Å². The molecule has 2 unspecified atom stereocenters. The molecule has 6 nitrogen and oxygen atoms in total. The van der Waals surface area contributed by atoms with E-state index < -0.39 is 24.3 Å². The third-order valence-electron chi connectivity index (χ3n) is 5.36. The summed E-state index contributed by atoms with van der Waals surface area (Å²) in [4.78, 5) is 35.9. The normalized spacial score (nSPS) is 15.3. The Labute approximate surface area is 175 Å². The van der Waals surface area contributed by atoms with Crippen molar-refractivity contribution in [2.24, 2.45) is 0 Å². The molecule has 0 saturated carbocycles. The van der Waals surface area contributed by atoms with E-state index in [4.69, 9.17) is 4.74 Å². The predicted molar refractivity (Wildman–Crippen MR) is 112 cm³/mol. The maximum Gasteiger partial charge on any atom is 0.331 e. The average Bonchev–Trinajstić information content (AvgIpc) is 3.05. The molecule has 30 heavy (non-hydrogen) atoms. The number of amides is 2. The van der Waals surface area contributed by atoms with E-state index >= 15 is 0 Å². The fraction of sp³-hybridized carbons (Fsp3) is 0.292. The molecule has 2 aromatic carbocycles. The molecule has 3 rings (SSSR count). The van der Waals surface area contributed by atoms with Crippen molar-refractivity contribution in [2.75, 3.05) is 6.54 Å². The molecule has 0 bridgehead atoms. The number of nitrogens with zero attached hydrogens (tertiary/aromatic N) is 1. The van der Waals surface area contributed by atoms with Crippen LogP contribution in [0.2, 0.25) is 0 Å². The van der Waals surface area contributed by atoms with E-state index in [9.17, 15) is 19.5 Å². The third kappa shape index (κ3) is 5.14. The van der Waals surface area contributed by atoms with Gasteiger partial charge in [0.2, 0.25) is 0 Å². The first-order valence-corrected chi connectivity index (χ1v) is 10.0. The highest BCUT2D eigenvalue weighted by atomic mass is 16.5. The summed E-state index contributed by atoms with van der Waals surface area (Å²) in [6.07, 6.45) is 4.21. The molecule has 2 atom stereocenters. The number of hydrogen-bond donors (Lipinski definition) is 1. The number of benzene rings is 2. The van der Waals surface area contributed by atoms with Crippen LogP contribution in [-0.4, -0.2) is 34.3 Å². The van der Waals surface area contributed by atoms with E-state index in [0.29, 0.717) is 17.6 Å². The van der Waals surface area contributed by atoms with Crippen LogP contribution in [0.15, 0.2) is 60.7 Å². The van der Waals surface area contributed by atoms with Crippen LogP contribution >= 0.6 is 0 Å². The highest BCUT2D eigenvalue weighted by molar-refractivity contribution is 6.14. The van der Waals surface area contributed by atoms with Gasteiger partial charge in [0, 0.05) is 12.2 Å². The number of imide groups is 1. The molecule has 6 heteroatoms. The maximum absolute atomic E-state index is 12.0. The van der Waals surface area contributed by atoms with Crippen molar-refractivity contribution in [3.63, 3.8) is 0 Å². The summed E-state index contributed by atoms with van der Waals surface area (Å²) in [6.45, 7) is 3.90. The number of carbonyl (C=O) groups is 3. The molecule has 1 N–H and O–H groups in total. The Hall–Kier alpha value is -3.41. The van der Waals surface area contributed by atoms with E-state index in [2.05, 4.69) is 13.8 Å². The van der Waals surface area contributed by atoms with E-state index in [-0.39, 0.29) is 5.75 Å². The van der Waals surface area contributed by atoms with Crippen LogP contribution in [0.3, 0.4) is 0 Å². The lowest BCUT2D eigenvalue weighted by molar-refractivity contribution is -0.146. The lowest BCUT2D eigenvalue weighted by atomic mass is 9.84. The molecule has 2 aromatic rings. The molecule has 0 saturated heterocycles. The average molecular weight is 407 g/mol. The minimum Gasteiger partial charge on any atom is -0.508 e. The van der Waals surface area contributed by atoms with Crippen LogP contribution in [0.4, 0.5) is 0 Å². The number of carbonyl (C=O) groups excluding carboxylic acids is 3. The van der Waals surface area contributed by atoms with Crippen LogP contribution in [0, 0.1) is 0 Å². The number of aromatic hydroxyl groups is 1. The van der Waals surface area contributed by atoms with Crippen molar-refractivity contribution >= 4 is 17.8 Å². The van der Waals surface area contributed by atoms with Gasteiger partial charge in [0.1, 0.15) is 18.0 Å². The molecule has 0 radical (unpaired) electrons. The van der Waals surface area contributed by atoms with E-state index in [1.807, 2.05) is 24.3 Å². The summed E-state index contributed by atoms with van der Waals surface area (Å²) < 4.78 is 5.25. The van der Waals surface area contributed by atoms with Gasteiger partial charge in [-0.05, 0) is 60.1 Å². The molecule has 156 valence electrons. The fourth-order valence-corrected chi connectivity index (χ4v) is 3.59. The Morgan fingerprint density at radius 3 is 2.10 bits per heavy atom. The Morgan fingerprint density at radius 1 is 0.967 bits per heavy atom. The molecular weight excluding hydrogens is 382 g/mol. The zero-order chi connectivity index (χ0) is 21.7. The van der Waals surface area contributed by atoms with E-state index in [1.54, 1.807) is 24.3 Å². The van der Waals surface area contributed by atoms with Gasteiger partial charge in [-0.25, -0.2) is 4.79 Å². The highest BCUT2D eigenvalue weighted by Crippen LogP contribution is 2.33. The molecule has 0 aliphatic carbocycles. The predicted octanol–water partition coefficient (Wildman–Crippen LogP) is 3.91. The van der Waals surface area contributed by atoms with Crippen LogP contribution in [0.25, 0.3) is 0 Å². The topological polar surface area (TPSA) is 83.9 Å². The minimum absolute atomic E-state index is 0.265. The van der Waals surface area contributed by atoms with Gasteiger partial charge in [0.05, 0.1) is 0 Å². The summed E-state index contributed by atoms with van der Waals surface area (Å²) in [5, 5.41) is 9.49. The van der Waals surface area contributed by atoms with Crippen molar-refractivity contribution in [3.05, 3.63) is 71.8 Å². The first-order chi connectivity index (χ1) is 14.4. The number of phenolic OH excluding ortho intramolecular Hbond substituents is 1. The zero-order valence-corrected chi connectivity index (χ0v) is 17.1. The largest absolute Gasteiger partial charge is 0.508 e. The molecule has 0 aromatic heterocycles. The molecule has 1 heterocycles. The number of hydrogen-bond acceptors (Lipinski definition) is 5. The van der Waals surface area contributed by atoms with Gasteiger partial charge in [-0.3, -0.25) is 14.5 Å². The van der Waals surface area contributed by atoms with E-state index in [1.165, 1.54) is 5.56 Å². The van der Waals surface area contributed by atoms with Gasteiger partial charge >= 0.3 is 5.97 Å². The second-order valence-electron chi connectivity index (χ2n) is 7.47.